The standard InChI is InChI=1S/C26H29BrN2O4/c1-4-28(5-2)11-12-29-23(17-7-6-8-20(27)15-17)22(25(31)26(29)32)24(30)18-9-10-21-19(14-18)13-16(3)33-21/h6-10,14-16,23,30H,4-5,11-13H2,1-3H3. The summed E-state index contributed by atoms with van der Waals surface area (Å²) in [6, 6.07) is 12.3. The van der Waals surface area contributed by atoms with E-state index in [1.54, 1.807) is 11.0 Å². The summed E-state index contributed by atoms with van der Waals surface area (Å²) < 4.78 is 6.61. The minimum atomic E-state index is -0.651. The molecule has 2 atom stereocenters. The summed E-state index contributed by atoms with van der Waals surface area (Å²) in [7, 11) is 0. The van der Waals surface area contributed by atoms with E-state index in [9.17, 15) is 14.7 Å². The van der Waals surface area contributed by atoms with Crippen molar-refractivity contribution in [2.75, 3.05) is 26.2 Å². The van der Waals surface area contributed by atoms with Gasteiger partial charge in [-0.15, -0.1) is 0 Å². The Hall–Kier alpha value is -2.64. The third-order valence-corrected chi connectivity index (χ3v) is 6.92. The van der Waals surface area contributed by atoms with Crippen LogP contribution in [0.4, 0.5) is 0 Å². The summed E-state index contributed by atoms with van der Waals surface area (Å²) in [5, 5.41) is 11.3. The molecule has 2 aromatic carbocycles. The van der Waals surface area contributed by atoms with Crippen molar-refractivity contribution in [3.05, 3.63) is 69.2 Å². The second-order valence-electron chi connectivity index (χ2n) is 8.53. The van der Waals surface area contributed by atoms with E-state index in [1.807, 2.05) is 43.3 Å². The van der Waals surface area contributed by atoms with Crippen molar-refractivity contribution >= 4 is 33.4 Å². The van der Waals surface area contributed by atoms with Gasteiger partial charge < -0.3 is 19.6 Å². The second kappa shape index (κ2) is 9.69. The fraction of sp³-hybridized carbons (Fsp3) is 0.385. The average molecular weight is 513 g/mol. The van der Waals surface area contributed by atoms with Gasteiger partial charge in [0.2, 0.25) is 0 Å². The molecule has 0 radical (unpaired) electrons. The first-order valence-corrected chi connectivity index (χ1v) is 12.2. The van der Waals surface area contributed by atoms with E-state index in [-0.39, 0.29) is 17.4 Å². The summed E-state index contributed by atoms with van der Waals surface area (Å²) in [6.45, 7) is 8.90. The van der Waals surface area contributed by atoms with Crippen LogP contribution in [0.5, 0.6) is 5.75 Å². The number of hydrogen-bond acceptors (Lipinski definition) is 5. The minimum absolute atomic E-state index is 0.0738. The molecule has 6 nitrogen and oxygen atoms in total. The van der Waals surface area contributed by atoms with Crippen LogP contribution in [0.3, 0.4) is 0 Å². The Labute approximate surface area is 203 Å². The Morgan fingerprint density at radius 3 is 2.64 bits per heavy atom. The normalized spacial score (nSPS) is 21.5. The van der Waals surface area contributed by atoms with Crippen LogP contribution in [0.25, 0.3) is 5.76 Å². The molecule has 33 heavy (non-hydrogen) atoms. The summed E-state index contributed by atoms with van der Waals surface area (Å²) in [5.41, 5.74) is 2.42. The Morgan fingerprint density at radius 2 is 1.94 bits per heavy atom. The Morgan fingerprint density at radius 1 is 1.18 bits per heavy atom. The van der Waals surface area contributed by atoms with Gasteiger partial charge in [0.25, 0.3) is 11.7 Å². The predicted octanol–water partition coefficient (Wildman–Crippen LogP) is 4.54. The monoisotopic (exact) mass is 512 g/mol. The van der Waals surface area contributed by atoms with Crippen LogP contribution in [0.15, 0.2) is 52.5 Å². The van der Waals surface area contributed by atoms with E-state index in [1.165, 1.54) is 0 Å². The molecule has 1 amide bonds. The molecule has 2 unspecified atom stereocenters. The van der Waals surface area contributed by atoms with Gasteiger partial charge in [0.1, 0.15) is 17.6 Å². The fourth-order valence-electron chi connectivity index (χ4n) is 4.65. The number of halogens is 1. The lowest BCUT2D eigenvalue weighted by Crippen LogP contribution is -2.38. The molecule has 1 saturated heterocycles. The van der Waals surface area contributed by atoms with Crippen molar-refractivity contribution in [3.63, 3.8) is 0 Å². The zero-order chi connectivity index (χ0) is 23.7. The number of likely N-dealkylation sites (N-methyl/N-ethyl adjacent to an activating group) is 1. The van der Waals surface area contributed by atoms with Gasteiger partial charge in [-0.2, -0.15) is 0 Å². The van der Waals surface area contributed by atoms with Gasteiger partial charge in [-0.3, -0.25) is 9.59 Å². The van der Waals surface area contributed by atoms with Crippen molar-refractivity contribution in [1.29, 1.82) is 0 Å². The van der Waals surface area contributed by atoms with Gasteiger partial charge >= 0.3 is 0 Å². The molecular formula is C26H29BrN2O4. The smallest absolute Gasteiger partial charge is 0.295 e. The highest BCUT2D eigenvalue weighted by atomic mass is 79.9. The molecular weight excluding hydrogens is 484 g/mol. The van der Waals surface area contributed by atoms with Crippen LogP contribution in [-0.2, 0) is 16.0 Å². The number of amides is 1. The molecule has 7 heteroatoms. The number of aliphatic hydroxyl groups excluding tert-OH is 1. The van der Waals surface area contributed by atoms with E-state index in [0.717, 1.165) is 40.9 Å². The number of rotatable bonds is 7. The second-order valence-corrected chi connectivity index (χ2v) is 9.45. The van der Waals surface area contributed by atoms with Crippen molar-refractivity contribution in [3.8, 4) is 5.75 Å². The predicted molar refractivity (Wildman–Crippen MR) is 131 cm³/mol. The molecule has 2 aromatic rings. The lowest BCUT2D eigenvalue weighted by Gasteiger charge is -2.28. The van der Waals surface area contributed by atoms with Crippen LogP contribution < -0.4 is 4.74 Å². The number of fused-ring (bicyclic) bond motifs is 1. The molecule has 2 heterocycles. The first-order valence-electron chi connectivity index (χ1n) is 11.4. The topological polar surface area (TPSA) is 70.1 Å². The molecule has 0 aliphatic carbocycles. The van der Waals surface area contributed by atoms with Crippen LogP contribution in [0.2, 0.25) is 0 Å². The van der Waals surface area contributed by atoms with Crippen LogP contribution in [-0.4, -0.2) is 58.9 Å². The van der Waals surface area contributed by atoms with Crippen LogP contribution >= 0.6 is 15.9 Å². The number of ketones is 1. The van der Waals surface area contributed by atoms with Gasteiger partial charge in [0, 0.05) is 29.5 Å². The SMILES string of the molecule is CCN(CC)CCN1C(=O)C(=O)C(=C(O)c2ccc3c(c2)CC(C)O3)C1c1cccc(Br)c1. The summed E-state index contributed by atoms with van der Waals surface area (Å²) in [5.74, 6) is -0.581. The highest BCUT2D eigenvalue weighted by Gasteiger charge is 2.46. The van der Waals surface area contributed by atoms with Gasteiger partial charge in [-0.25, -0.2) is 0 Å². The lowest BCUT2D eigenvalue weighted by molar-refractivity contribution is -0.140. The third kappa shape index (κ3) is 4.57. The van der Waals surface area contributed by atoms with E-state index < -0.39 is 17.7 Å². The van der Waals surface area contributed by atoms with Gasteiger partial charge in [-0.05, 0) is 61.5 Å². The number of hydrogen-bond donors (Lipinski definition) is 1. The van der Waals surface area contributed by atoms with Crippen LogP contribution in [0, 0.1) is 0 Å². The van der Waals surface area contributed by atoms with E-state index in [0.29, 0.717) is 18.7 Å². The number of benzene rings is 2. The first-order chi connectivity index (χ1) is 15.8. The highest BCUT2D eigenvalue weighted by Crippen LogP contribution is 2.41. The van der Waals surface area contributed by atoms with Gasteiger partial charge in [0.15, 0.2) is 0 Å². The molecule has 0 aromatic heterocycles. The maximum Gasteiger partial charge on any atom is 0.295 e. The summed E-state index contributed by atoms with van der Waals surface area (Å²) >= 11 is 3.50. The van der Waals surface area contributed by atoms with Crippen molar-refractivity contribution in [2.24, 2.45) is 0 Å². The van der Waals surface area contributed by atoms with Gasteiger partial charge in [0.05, 0.1) is 11.6 Å². The molecule has 2 aliphatic rings. The summed E-state index contributed by atoms with van der Waals surface area (Å²) in [6.07, 6.45) is 0.814. The maximum absolute atomic E-state index is 13.2. The van der Waals surface area contributed by atoms with E-state index in [2.05, 4.69) is 34.7 Å². The largest absolute Gasteiger partial charge is 0.507 e. The van der Waals surface area contributed by atoms with Crippen molar-refractivity contribution < 1.29 is 19.4 Å². The molecule has 1 N–H and O–H groups in total. The number of carbonyl (C=O) groups excluding carboxylic acids is 2. The highest BCUT2D eigenvalue weighted by molar-refractivity contribution is 9.10. The van der Waals surface area contributed by atoms with Crippen molar-refractivity contribution in [2.45, 2.75) is 39.3 Å². The Bertz CT molecular complexity index is 1110. The fourth-order valence-corrected chi connectivity index (χ4v) is 5.06. The number of ether oxygens (including phenoxy) is 1. The molecule has 0 spiro atoms. The number of likely N-dealkylation sites (tertiary alicyclic amines) is 1. The number of aliphatic hydroxyl groups is 1. The average Bonchev–Trinajstić information content (AvgIpc) is 3.30. The van der Waals surface area contributed by atoms with E-state index >= 15 is 0 Å². The summed E-state index contributed by atoms with van der Waals surface area (Å²) in [4.78, 5) is 30.1. The van der Waals surface area contributed by atoms with Gasteiger partial charge in [-0.1, -0.05) is 41.9 Å². The number of nitrogens with zero attached hydrogens (tertiary/aromatic N) is 2. The molecule has 2 aliphatic heterocycles. The lowest BCUT2D eigenvalue weighted by atomic mass is 9.94. The molecule has 4 rings (SSSR count). The number of carbonyl (C=O) groups is 2. The Kier molecular flexibility index (Phi) is 6.91. The van der Waals surface area contributed by atoms with E-state index in [4.69, 9.17) is 4.74 Å². The first kappa shape index (κ1) is 23.5. The zero-order valence-electron chi connectivity index (χ0n) is 19.2. The quantitative estimate of drug-likeness (QED) is 0.335. The minimum Gasteiger partial charge on any atom is -0.507 e. The Balaban J connectivity index is 1.79. The molecule has 0 bridgehead atoms. The zero-order valence-corrected chi connectivity index (χ0v) is 20.8. The van der Waals surface area contributed by atoms with Crippen LogP contribution in [0.1, 0.15) is 43.5 Å². The van der Waals surface area contributed by atoms with Crippen molar-refractivity contribution in [1.82, 2.24) is 9.80 Å². The molecule has 174 valence electrons. The third-order valence-electron chi connectivity index (χ3n) is 6.43. The number of Topliss-reactive ketones (excluding diaryl/α,β-unsaturated/α-hetero) is 1. The maximum atomic E-state index is 13.2. The molecule has 1 fully saturated rings. The molecule has 0 saturated carbocycles.